The topological polar surface area (TPSA) is 86.7 Å². The molecule has 4 aliphatic rings. The first kappa shape index (κ1) is 29.4. The van der Waals surface area contributed by atoms with Gasteiger partial charge in [-0.15, -0.1) is 0 Å². The van der Waals surface area contributed by atoms with Crippen LogP contribution in [0.4, 0.5) is 0 Å². The molecule has 4 fully saturated rings. The SMILES string of the molecule is CC(C)CCC[C@H](C)[C@H]1CC[C@H]2[C@@H]3C[C@H](O)[C@H]4C[C@@H](OS(=O)(=O)[O-])CC[C@]4(C)[C@H]3CC[C@]12C.[Na+]. The number of aliphatic hydroxyl groups is 1. The van der Waals surface area contributed by atoms with Gasteiger partial charge in [-0.25, -0.2) is 8.42 Å². The second-order valence-corrected chi connectivity index (χ2v) is 14.2. The smallest absolute Gasteiger partial charge is 0.726 e. The molecule has 192 valence electrons. The minimum atomic E-state index is -4.70. The molecule has 0 saturated heterocycles. The van der Waals surface area contributed by atoms with Crippen LogP contribution in [-0.2, 0) is 14.6 Å². The van der Waals surface area contributed by atoms with Gasteiger partial charge < -0.3 is 9.66 Å². The van der Waals surface area contributed by atoms with E-state index in [0.717, 1.165) is 30.6 Å². The summed E-state index contributed by atoms with van der Waals surface area (Å²) in [6.07, 6.45) is 10.9. The Morgan fingerprint density at radius 2 is 1.59 bits per heavy atom. The summed E-state index contributed by atoms with van der Waals surface area (Å²) in [6.45, 7) is 12.0. The maximum atomic E-state index is 11.3. The normalized spacial score (nSPS) is 45.1. The minimum Gasteiger partial charge on any atom is -0.726 e. The summed E-state index contributed by atoms with van der Waals surface area (Å²) in [5.41, 5.74) is 0.398. The van der Waals surface area contributed by atoms with Gasteiger partial charge in [0.25, 0.3) is 0 Å². The molecule has 5 nitrogen and oxygen atoms in total. The summed E-state index contributed by atoms with van der Waals surface area (Å²) in [4.78, 5) is 0. The van der Waals surface area contributed by atoms with Gasteiger partial charge in [-0.05, 0) is 104 Å². The van der Waals surface area contributed by atoms with Crippen LogP contribution < -0.4 is 29.6 Å². The predicted molar refractivity (Wildman–Crippen MR) is 129 cm³/mol. The molecule has 0 unspecified atom stereocenters. The van der Waals surface area contributed by atoms with Crippen LogP contribution in [0, 0.1) is 52.3 Å². The van der Waals surface area contributed by atoms with Crippen LogP contribution in [0.15, 0.2) is 0 Å². The second-order valence-electron chi connectivity index (χ2n) is 13.2. The third-order valence-electron chi connectivity index (χ3n) is 11.1. The van der Waals surface area contributed by atoms with Crippen LogP contribution in [-0.4, -0.2) is 30.3 Å². The Labute approximate surface area is 230 Å². The van der Waals surface area contributed by atoms with Crippen LogP contribution >= 0.6 is 0 Å². The fourth-order valence-corrected chi connectivity index (χ4v) is 10.0. The minimum absolute atomic E-state index is 0. The Bertz CT molecular complexity index is 803. The first-order chi connectivity index (χ1) is 15.3. The van der Waals surface area contributed by atoms with E-state index in [-0.39, 0.29) is 40.9 Å². The molecule has 4 rings (SSSR count). The molecule has 4 aliphatic carbocycles. The van der Waals surface area contributed by atoms with Crippen LogP contribution in [0.3, 0.4) is 0 Å². The Balaban J connectivity index is 0.00000324. The van der Waals surface area contributed by atoms with E-state index in [4.69, 9.17) is 4.18 Å². The number of aliphatic hydroxyl groups excluding tert-OH is 1. The first-order valence-corrected chi connectivity index (χ1v) is 15.0. The number of fused-ring (bicyclic) bond motifs is 5. The zero-order valence-corrected chi connectivity index (χ0v) is 25.3. The molecule has 34 heavy (non-hydrogen) atoms. The van der Waals surface area contributed by atoms with Crippen molar-refractivity contribution in [2.45, 2.75) is 117 Å². The van der Waals surface area contributed by atoms with Crippen molar-refractivity contribution in [1.29, 1.82) is 0 Å². The maximum absolute atomic E-state index is 11.3. The Morgan fingerprint density at radius 3 is 2.24 bits per heavy atom. The molecule has 0 radical (unpaired) electrons. The Kier molecular flexibility index (Phi) is 9.42. The van der Waals surface area contributed by atoms with Crippen LogP contribution in [0.1, 0.15) is 105 Å². The van der Waals surface area contributed by atoms with Gasteiger partial charge in [0.1, 0.15) is 0 Å². The number of hydrogen-bond donors (Lipinski definition) is 1. The van der Waals surface area contributed by atoms with Gasteiger partial charge in [0.15, 0.2) is 0 Å². The first-order valence-electron chi connectivity index (χ1n) is 13.7. The van der Waals surface area contributed by atoms with Gasteiger partial charge in [0, 0.05) is 0 Å². The van der Waals surface area contributed by atoms with Crippen LogP contribution in [0.5, 0.6) is 0 Å². The molecule has 10 atom stereocenters. The average molecular weight is 507 g/mol. The molecule has 1 N–H and O–H groups in total. The summed E-state index contributed by atoms with van der Waals surface area (Å²) in [5, 5.41) is 11.3. The third kappa shape index (κ3) is 5.63. The third-order valence-corrected chi connectivity index (χ3v) is 11.6. The van der Waals surface area contributed by atoms with E-state index in [1.165, 1.54) is 44.9 Å². The standard InChI is InChI=1S/C27H48O5S.Na/c1-17(2)7-6-8-18(3)21-9-10-22-20-16-25(28)24-15-19(32-33(29,30)31)11-13-27(24,5)23(20)12-14-26(21,22)4;/h17-25,28H,6-16H2,1-5H3,(H,29,30,31);/q;+1/p-1/t18-,19-,20-,21+,22-,23-,24+,25-,26+,27+;/m0./s1. The summed E-state index contributed by atoms with van der Waals surface area (Å²) >= 11 is 0. The molecule has 0 bridgehead atoms. The molecule has 0 heterocycles. The largest absolute Gasteiger partial charge is 1.00 e. The van der Waals surface area contributed by atoms with Crippen molar-refractivity contribution in [2.24, 2.45) is 52.3 Å². The van der Waals surface area contributed by atoms with Crippen molar-refractivity contribution in [3.63, 3.8) is 0 Å². The van der Waals surface area contributed by atoms with Crippen molar-refractivity contribution in [2.75, 3.05) is 0 Å². The molecule has 0 aromatic heterocycles. The summed E-state index contributed by atoms with van der Waals surface area (Å²) in [6, 6.07) is 0. The fraction of sp³-hybridized carbons (Fsp3) is 1.00. The Hall–Kier alpha value is 0.830. The van der Waals surface area contributed by atoms with E-state index in [2.05, 4.69) is 34.6 Å². The Morgan fingerprint density at radius 1 is 0.941 bits per heavy atom. The summed E-state index contributed by atoms with van der Waals surface area (Å²) < 4.78 is 38.3. The van der Waals surface area contributed by atoms with Gasteiger partial charge in [-0.1, -0.05) is 53.9 Å². The van der Waals surface area contributed by atoms with Gasteiger partial charge in [0.2, 0.25) is 10.4 Å². The molecule has 0 aromatic rings. The van der Waals surface area contributed by atoms with E-state index in [1.54, 1.807) is 0 Å². The fourth-order valence-electron chi connectivity index (χ4n) is 9.54. The van der Waals surface area contributed by atoms with E-state index in [0.29, 0.717) is 36.0 Å². The molecule has 0 aliphatic heterocycles. The van der Waals surface area contributed by atoms with E-state index < -0.39 is 22.6 Å². The van der Waals surface area contributed by atoms with Crippen molar-refractivity contribution >= 4 is 10.4 Å². The molecular formula is C27H47NaO5S. The quantitative estimate of drug-likeness (QED) is 0.326. The van der Waals surface area contributed by atoms with Crippen LogP contribution in [0.25, 0.3) is 0 Å². The number of hydrogen-bond acceptors (Lipinski definition) is 5. The molecule has 0 aromatic carbocycles. The molecule has 0 spiro atoms. The molecule has 0 amide bonds. The zero-order valence-electron chi connectivity index (χ0n) is 22.5. The van der Waals surface area contributed by atoms with Crippen molar-refractivity contribution in [1.82, 2.24) is 0 Å². The second kappa shape index (κ2) is 10.9. The van der Waals surface area contributed by atoms with Gasteiger partial charge in [0.05, 0.1) is 12.2 Å². The molecule has 7 heteroatoms. The van der Waals surface area contributed by atoms with Crippen molar-refractivity contribution < 1.29 is 51.8 Å². The van der Waals surface area contributed by atoms with E-state index in [9.17, 15) is 18.1 Å². The van der Waals surface area contributed by atoms with E-state index >= 15 is 0 Å². The maximum Gasteiger partial charge on any atom is 1.00 e. The van der Waals surface area contributed by atoms with Crippen molar-refractivity contribution in [3.8, 4) is 0 Å². The summed E-state index contributed by atoms with van der Waals surface area (Å²) in [5.74, 6) is 4.22. The average Bonchev–Trinajstić information content (AvgIpc) is 3.05. The van der Waals surface area contributed by atoms with Gasteiger partial charge >= 0.3 is 29.6 Å². The summed E-state index contributed by atoms with van der Waals surface area (Å²) in [7, 11) is -4.70. The van der Waals surface area contributed by atoms with Gasteiger partial charge in [-0.3, -0.25) is 4.18 Å². The molecular weight excluding hydrogens is 459 g/mol. The predicted octanol–water partition coefficient (Wildman–Crippen LogP) is 2.93. The van der Waals surface area contributed by atoms with E-state index in [1.807, 2.05) is 0 Å². The molecule has 4 saturated carbocycles. The zero-order chi connectivity index (χ0) is 24.2. The number of rotatable bonds is 7. The van der Waals surface area contributed by atoms with Crippen molar-refractivity contribution in [3.05, 3.63) is 0 Å². The monoisotopic (exact) mass is 506 g/mol. The van der Waals surface area contributed by atoms with Crippen LogP contribution in [0.2, 0.25) is 0 Å². The van der Waals surface area contributed by atoms with Gasteiger partial charge in [-0.2, -0.15) is 0 Å².